The van der Waals surface area contributed by atoms with E-state index >= 15 is 0 Å². The van der Waals surface area contributed by atoms with Crippen LogP contribution in [0.1, 0.15) is 65.9 Å². The van der Waals surface area contributed by atoms with Gasteiger partial charge in [0.2, 0.25) is 0 Å². The molecule has 0 spiro atoms. The Morgan fingerprint density at radius 1 is 0.927 bits per heavy atom. The standard InChI is InChI=1S/C34H47NO4SSi/c1-27-19-21-30(22-20-27)40(36)35-29(14-13-23-34(6)37-24-25-38-34)26-28(2)39-41(33(3,4)5,31-15-9-7-10-16-31)32-17-11-8-12-18-32/h7-12,15-22,28-29,35H,13-14,23-26H2,1-6H3/t28-,29+,40+/m0/s1. The highest BCUT2D eigenvalue weighted by Crippen LogP contribution is 2.38. The predicted molar refractivity (Wildman–Crippen MR) is 171 cm³/mol. The first-order valence-electron chi connectivity index (χ1n) is 14.8. The molecule has 1 fully saturated rings. The van der Waals surface area contributed by atoms with Crippen LogP contribution in [0.2, 0.25) is 5.04 Å². The highest BCUT2D eigenvalue weighted by atomic mass is 32.2. The molecule has 222 valence electrons. The van der Waals surface area contributed by atoms with Gasteiger partial charge in [-0.1, -0.05) is 99.1 Å². The van der Waals surface area contributed by atoms with E-state index in [4.69, 9.17) is 13.9 Å². The van der Waals surface area contributed by atoms with Crippen molar-refractivity contribution in [2.75, 3.05) is 13.2 Å². The van der Waals surface area contributed by atoms with Crippen molar-refractivity contribution in [3.05, 3.63) is 90.5 Å². The monoisotopic (exact) mass is 593 g/mol. The smallest absolute Gasteiger partial charge is 0.261 e. The van der Waals surface area contributed by atoms with Crippen molar-refractivity contribution < 1.29 is 18.1 Å². The van der Waals surface area contributed by atoms with Crippen molar-refractivity contribution in [3.8, 4) is 0 Å². The van der Waals surface area contributed by atoms with Crippen LogP contribution in [0.5, 0.6) is 0 Å². The summed E-state index contributed by atoms with van der Waals surface area (Å²) in [5, 5.41) is 2.42. The van der Waals surface area contributed by atoms with E-state index in [0.717, 1.165) is 36.1 Å². The molecule has 0 aliphatic carbocycles. The van der Waals surface area contributed by atoms with Crippen LogP contribution in [0.25, 0.3) is 0 Å². The largest absolute Gasteiger partial charge is 0.405 e. The molecule has 0 saturated carbocycles. The number of hydrogen-bond acceptors (Lipinski definition) is 4. The quantitative estimate of drug-likeness (QED) is 0.238. The van der Waals surface area contributed by atoms with Crippen LogP contribution in [0.3, 0.4) is 0 Å². The first kappa shape index (κ1) is 31.8. The second kappa shape index (κ2) is 13.9. The molecule has 7 heteroatoms. The van der Waals surface area contributed by atoms with Crippen LogP contribution in [0.4, 0.5) is 0 Å². The minimum atomic E-state index is -2.70. The van der Waals surface area contributed by atoms with Gasteiger partial charge in [-0.3, -0.25) is 0 Å². The summed E-state index contributed by atoms with van der Waals surface area (Å²) in [6.45, 7) is 14.4. The minimum absolute atomic E-state index is 0.00430. The molecule has 0 aromatic heterocycles. The lowest BCUT2D eigenvalue weighted by molar-refractivity contribution is -0.147. The lowest BCUT2D eigenvalue weighted by atomic mass is 10.0. The third kappa shape index (κ3) is 8.03. The molecule has 3 atom stereocenters. The summed E-state index contributed by atoms with van der Waals surface area (Å²) in [7, 11) is -4.02. The number of nitrogens with one attached hydrogen (secondary N) is 1. The molecule has 1 aliphatic heterocycles. The van der Waals surface area contributed by atoms with E-state index in [9.17, 15) is 4.21 Å². The van der Waals surface area contributed by atoms with Crippen molar-refractivity contribution in [1.29, 1.82) is 0 Å². The van der Waals surface area contributed by atoms with Gasteiger partial charge in [-0.05, 0) is 67.6 Å². The van der Waals surface area contributed by atoms with E-state index in [1.807, 2.05) is 38.1 Å². The van der Waals surface area contributed by atoms with Crippen LogP contribution >= 0.6 is 0 Å². The van der Waals surface area contributed by atoms with Gasteiger partial charge in [-0.15, -0.1) is 0 Å². The van der Waals surface area contributed by atoms with Crippen molar-refractivity contribution in [2.24, 2.45) is 0 Å². The first-order chi connectivity index (χ1) is 19.5. The normalized spacial score (nSPS) is 17.7. The second-order valence-corrected chi connectivity index (χ2v) is 17.9. The van der Waals surface area contributed by atoms with Crippen molar-refractivity contribution in [3.63, 3.8) is 0 Å². The Bertz CT molecular complexity index is 1200. The fraction of sp³-hybridized carbons (Fsp3) is 0.471. The lowest BCUT2D eigenvalue weighted by Crippen LogP contribution is -2.67. The molecule has 41 heavy (non-hydrogen) atoms. The van der Waals surface area contributed by atoms with Gasteiger partial charge in [-0.25, -0.2) is 8.93 Å². The molecule has 4 rings (SSSR count). The van der Waals surface area contributed by atoms with Gasteiger partial charge in [0.25, 0.3) is 8.32 Å². The van der Waals surface area contributed by atoms with E-state index in [1.54, 1.807) is 0 Å². The summed E-state index contributed by atoms with van der Waals surface area (Å²) >= 11 is 0. The lowest BCUT2D eigenvalue weighted by Gasteiger charge is -2.45. The molecule has 5 nitrogen and oxygen atoms in total. The summed E-state index contributed by atoms with van der Waals surface area (Å²) in [5.74, 6) is -0.530. The number of rotatable bonds is 13. The zero-order valence-electron chi connectivity index (χ0n) is 25.5. The molecule has 3 aromatic rings. The fourth-order valence-electron chi connectivity index (χ4n) is 5.92. The highest BCUT2D eigenvalue weighted by Gasteiger charge is 2.51. The Labute approximate surface area is 250 Å². The summed E-state index contributed by atoms with van der Waals surface area (Å²) < 4.78 is 35.9. The van der Waals surface area contributed by atoms with Crippen LogP contribution in [0, 0.1) is 6.92 Å². The molecular formula is C34H47NO4SSi. The van der Waals surface area contributed by atoms with E-state index in [1.165, 1.54) is 10.4 Å². The molecule has 0 amide bonds. The molecular weight excluding hydrogens is 547 g/mol. The maximum Gasteiger partial charge on any atom is 0.261 e. The van der Waals surface area contributed by atoms with Crippen LogP contribution in [-0.4, -0.2) is 43.7 Å². The van der Waals surface area contributed by atoms with E-state index < -0.39 is 25.1 Å². The SMILES string of the molecule is Cc1ccc([S@@](=O)N[C@H](CCCC2(C)OCCO2)C[C@H](C)O[Si](c2ccccc2)(c2ccccc2)C(C)(C)C)cc1. The van der Waals surface area contributed by atoms with Crippen molar-refractivity contribution in [2.45, 2.75) is 95.1 Å². The Balaban J connectivity index is 1.58. The third-order valence-electron chi connectivity index (χ3n) is 8.00. The van der Waals surface area contributed by atoms with E-state index in [2.05, 4.69) is 93.1 Å². The van der Waals surface area contributed by atoms with Gasteiger partial charge in [0.15, 0.2) is 5.79 Å². The Hall–Kier alpha value is -2.13. The Morgan fingerprint density at radius 3 is 1.98 bits per heavy atom. The summed E-state index contributed by atoms with van der Waals surface area (Å²) in [4.78, 5) is 0.788. The maximum absolute atomic E-state index is 13.4. The Kier molecular flexibility index (Phi) is 10.8. The van der Waals surface area contributed by atoms with Gasteiger partial charge in [-0.2, -0.15) is 0 Å². The predicted octanol–water partition coefficient (Wildman–Crippen LogP) is 6.26. The van der Waals surface area contributed by atoms with Crippen LogP contribution < -0.4 is 15.1 Å². The molecule has 1 N–H and O–H groups in total. The molecule has 0 unspecified atom stereocenters. The summed E-state index contributed by atoms with van der Waals surface area (Å²) in [6, 6.07) is 29.4. The molecule has 3 aromatic carbocycles. The molecule has 1 saturated heterocycles. The summed E-state index contributed by atoms with van der Waals surface area (Å²) in [5.41, 5.74) is 1.15. The van der Waals surface area contributed by atoms with Crippen LogP contribution in [-0.2, 0) is 24.9 Å². The van der Waals surface area contributed by atoms with E-state index in [0.29, 0.717) is 13.2 Å². The first-order valence-corrected chi connectivity index (χ1v) is 17.9. The molecule has 0 radical (unpaired) electrons. The van der Waals surface area contributed by atoms with Gasteiger partial charge in [0, 0.05) is 18.6 Å². The van der Waals surface area contributed by atoms with Crippen LogP contribution in [0.15, 0.2) is 89.8 Å². The van der Waals surface area contributed by atoms with Gasteiger partial charge >= 0.3 is 0 Å². The van der Waals surface area contributed by atoms with E-state index in [-0.39, 0.29) is 17.2 Å². The molecule has 1 aliphatic rings. The Morgan fingerprint density at radius 2 is 1.46 bits per heavy atom. The second-order valence-electron chi connectivity index (χ2n) is 12.4. The number of aryl methyl sites for hydroxylation is 1. The topological polar surface area (TPSA) is 56.8 Å². The number of ether oxygens (including phenoxy) is 2. The highest BCUT2D eigenvalue weighted by molar-refractivity contribution is 7.83. The average Bonchev–Trinajstić information content (AvgIpc) is 3.38. The zero-order valence-corrected chi connectivity index (χ0v) is 27.3. The maximum atomic E-state index is 13.4. The number of hydrogen-bond donors (Lipinski definition) is 1. The van der Waals surface area contributed by atoms with Crippen molar-refractivity contribution >= 4 is 29.7 Å². The molecule has 1 heterocycles. The van der Waals surface area contributed by atoms with Crippen molar-refractivity contribution in [1.82, 2.24) is 4.72 Å². The molecule has 0 bridgehead atoms. The number of benzene rings is 3. The minimum Gasteiger partial charge on any atom is -0.405 e. The zero-order chi connectivity index (χ0) is 29.5. The summed E-state index contributed by atoms with van der Waals surface area (Å²) in [6.07, 6.45) is 3.20. The van der Waals surface area contributed by atoms with Gasteiger partial charge in [0.05, 0.1) is 18.1 Å². The average molecular weight is 594 g/mol. The van der Waals surface area contributed by atoms with Gasteiger partial charge < -0.3 is 13.9 Å². The fourth-order valence-corrected chi connectivity index (χ4v) is 11.7. The van der Waals surface area contributed by atoms with Gasteiger partial charge in [0.1, 0.15) is 11.0 Å². The third-order valence-corrected chi connectivity index (χ3v) is 14.4.